The van der Waals surface area contributed by atoms with Crippen molar-refractivity contribution in [3.05, 3.63) is 35.8 Å². The number of rotatable bonds is 11. The van der Waals surface area contributed by atoms with E-state index in [4.69, 9.17) is 5.73 Å². The van der Waals surface area contributed by atoms with Gasteiger partial charge in [-0.3, -0.25) is 24.3 Å². The third kappa shape index (κ3) is 5.76. The van der Waals surface area contributed by atoms with Crippen molar-refractivity contribution in [1.29, 1.82) is 0 Å². The van der Waals surface area contributed by atoms with E-state index in [0.29, 0.717) is 16.5 Å². The number of β-lactam (4-membered cyclic amide) rings is 1. The third-order valence-electron chi connectivity index (χ3n) is 5.03. The first-order valence-corrected chi connectivity index (χ1v) is 13.3. The Balaban J connectivity index is 1.38. The molecule has 3 amide bonds. The Bertz CT molecular complexity index is 1170. The molecule has 4 N–H and O–H groups in total. The number of carbonyl (C=O) groups excluding carboxylic acids is 3. The predicted molar refractivity (Wildman–Crippen MR) is 127 cm³/mol. The molecule has 2 aliphatic rings. The van der Waals surface area contributed by atoms with Crippen LogP contribution in [0.3, 0.4) is 0 Å². The van der Waals surface area contributed by atoms with Crippen LogP contribution in [0.15, 0.2) is 45.8 Å². The van der Waals surface area contributed by atoms with Gasteiger partial charge in [0.05, 0.1) is 12.3 Å². The number of aromatic nitrogens is 5. The molecule has 1 saturated heterocycles. The summed E-state index contributed by atoms with van der Waals surface area (Å²) >= 11 is 3.91. The van der Waals surface area contributed by atoms with Crippen LogP contribution in [-0.2, 0) is 25.7 Å². The second kappa shape index (κ2) is 11.1. The summed E-state index contributed by atoms with van der Waals surface area (Å²) in [6.45, 7) is 0.206. The molecule has 4 heterocycles. The number of hydrogen-bond donors (Lipinski definition) is 3. The summed E-state index contributed by atoms with van der Waals surface area (Å²) in [6, 6.07) is 2.78. The first-order chi connectivity index (χ1) is 16.8. The number of carboxylic acids is 1. The largest absolute Gasteiger partial charge is 0.477 e. The lowest BCUT2D eigenvalue weighted by molar-refractivity contribution is -0.150. The number of tetrazole rings is 1. The number of aryl methyl sites for hydroxylation is 1. The normalized spacial score (nSPS) is 19.2. The molecule has 2 aromatic rings. The Morgan fingerprint density at radius 1 is 1.26 bits per heavy atom. The molecule has 2 aliphatic heterocycles. The van der Waals surface area contributed by atoms with Crippen LogP contribution >= 0.6 is 35.3 Å². The molecular weight excluding hydrogens is 516 g/mol. The molecule has 0 saturated carbocycles. The average molecular weight is 537 g/mol. The number of thioether (sulfide) groups is 3. The zero-order chi connectivity index (χ0) is 24.9. The minimum absolute atomic E-state index is 0.0651. The molecule has 35 heavy (non-hydrogen) atoms. The van der Waals surface area contributed by atoms with Crippen molar-refractivity contribution in [1.82, 2.24) is 35.4 Å². The summed E-state index contributed by atoms with van der Waals surface area (Å²) in [5.74, 6) is -1.75. The Kier molecular flexibility index (Phi) is 7.92. The van der Waals surface area contributed by atoms with E-state index in [1.165, 1.54) is 44.9 Å². The van der Waals surface area contributed by atoms with Crippen molar-refractivity contribution in [2.45, 2.75) is 34.4 Å². The molecule has 16 heteroatoms. The van der Waals surface area contributed by atoms with Crippen LogP contribution in [0.5, 0.6) is 0 Å². The molecule has 0 bridgehead atoms. The number of nitrogens with two attached hydrogens (primary N) is 1. The van der Waals surface area contributed by atoms with Crippen LogP contribution in [0.4, 0.5) is 0 Å². The molecular formula is C19H20N8O5S3. The number of nitrogens with one attached hydrogen (secondary N) is 1. The van der Waals surface area contributed by atoms with Crippen molar-refractivity contribution in [3.8, 4) is 0 Å². The van der Waals surface area contributed by atoms with Crippen LogP contribution < -0.4 is 11.1 Å². The monoisotopic (exact) mass is 536 g/mol. The molecule has 13 nitrogen and oxygen atoms in total. The number of fused-ring (bicyclic) bond motifs is 1. The maximum absolute atomic E-state index is 12.8. The minimum atomic E-state index is -1.22. The van der Waals surface area contributed by atoms with Gasteiger partial charge in [0.2, 0.25) is 17.0 Å². The number of hydrogen-bond acceptors (Lipinski definition) is 11. The van der Waals surface area contributed by atoms with Gasteiger partial charge in [0, 0.05) is 35.2 Å². The summed E-state index contributed by atoms with van der Waals surface area (Å²) in [7, 11) is 0. The van der Waals surface area contributed by atoms with Gasteiger partial charge in [-0.15, -0.1) is 28.6 Å². The smallest absolute Gasteiger partial charge is 0.352 e. The van der Waals surface area contributed by atoms with Gasteiger partial charge in [0.25, 0.3) is 5.91 Å². The van der Waals surface area contributed by atoms with Gasteiger partial charge in [-0.05, 0) is 28.1 Å². The highest BCUT2D eigenvalue weighted by atomic mass is 32.2. The van der Waals surface area contributed by atoms with Crippen molar-refractivity contribution in [3.63, 3.8) is 0 Å². The summed E-state index contributed by atoms with van der Waals surface area (Å²) in [5.41, 5.74) is 5.62. The number of carbonyl (C=O) groups is 4. The third-order valence-corrected chi connectivity index (χ3v) is 8.43. The van der Waals surface area contributed by atoms with Gasteiger partial charge in [0.15, 0.2) is 0 Å². The van der Waals surface area contributed by atoms with Crippen LogP contribution in [0.25, 0.3) is 0 Å². The van der Waals surface area contributed by atoms with E-state index in [9.17, 15) is 24.3 Å². The quantitative estimate of drug-likeness (QED) is 0.249. The van der Waals surface area contributed by atoms with Crippen molar-refractivity contribution >= 4 is 59.0 Å². The highest BCUT2D eigenvalue weighted by Crippen LogP contribution is 2.41. The van der Waals surface area contributed by atoms with Crippen molar-refractivity contribution in [2.24, 2.45) is 5.73 Å². The number of carboxylic acid groups (broad SMARTS) is 1. The Labute approximate surface area is 211 Å². The summed E-state index contributed by atoms with van der Waals surface area (Å²) in [6.07, 6.45) is 3.32. The highest BCUT2D eigenvalue weighted by Gasteiger charge is 2.54. The molecule has 1 fully saturated rings. The van der Waals surface area contributed by atoms with Gasteiger partial charge in [-0.1, -0.05) is 11.8 Å². The van der Waals surface area contributed by atoms with E-state index in [0.717, 1.165) is 4.90 Å². The highest BCUT2D eigenvalue weighted by molar-refractivity contribution is 8.01. The zero-order valence-corrected chi connectivity index (χ0v) is 20.5. The van der Waals surface area contributed by atoms with E-state index in [1.807, 2.05) is 0 Å². The molecule has 0 aliphatic carbocycles. The molecule has 1 unspecified atom stereocenters. The second-order valence-electron chi connectivity index (χ2n) is 7.37. The minimum Gasteiger partial charge on any atom is -0.477 e. The molecule has 4 rings (SSSR count). The van der Waals surface area contributed by atoms with Gasteiger partial charge in [-0.25, -0.2) is 9.48 Å². The predicted octanol–water partition coefficient (Wildman–Crippen LogP) is -0.433. The lowest BCUT2D eigenvalue weighted by atomic mass is 10.0. The summed E-state index contributed by atoms with van der Waals surface area (Å²) in [5, 5.41) is 23.7. The fourth-order valence-corrected chi connectivity index (χ4v) is 6.48. The topological polar surface area (TPSA) is 186 Å². The standard InChI is InChI=1S/C19H20N8O5S3/c20-12(28)3-6-26-19(23-24-25-26)35-8-10-7-34-17-14(16(30)27(17)15(10)18(31)32)22-13(29)9-33-11-1-4-21-5-2-11/h1-2,4-5,14,17H,3,6-9H2,(H2,20,28)(H,22,29)(H,31,32)/t14?,17-/m1/s1. The maximum atomic E-state index is 12.8. The molecule has 0 spiro atoms. The van der Waals surface area contributed by atoms with Crippen LogP contribution in [0.2, 0.25) is 0 Å². The zero-order valence-electron chi connectivity index (χ0n) is 18.1. The Morgan fingerprint density at radius 2 is 2.03 bits per heavy atom. The number of nitrogens with zero attached hydrogens (tertiary/aromatic N) is 6. The molecule has 184 valence electrons. The second-order valence-corrected chi connectivity index (χ2v) is 10.5. The van der Waals surface area contributed by atoms with E-state index in [2.05, 4.69) is 25.8 Å². The first kappa shape index (κ1) is 25.0. The van der Waals surface area contributed by atoms with Crippen molar-refractivity contribution in [2.75, 3.05) is 17.3 Å². The van der Waals surface area contributed by atoms with Crippen molar-refractivity contribution < 1.29 is 24.3 Å². The number of primary amides is 1. The summed E-state index contributed by atoms with van der Waals surface area (Å²) in [4.78, 5) is 54.2. The van der Waals surface area contributed by atoms with E-state index >= 15 is 0 Å². The van der Waals surface area contributed by atoms with Gasteiger partial charge in [-0.2, -0.15) is 0 Å². The lowest BCUT2D eigenvalue weighted by Gasteiger charge is -2.49. The fourth-order valence-electron chi connectivity index (χ4n) is 3.40. The molecule has 2 aromatic heterocycles. The molecule has 0 aromatic carbocycles. The average Bonchev–Trinajstić information content (AvgIpc) is 3.30. The lowest BCUT2D eigenvalue weighted by Crippen LogP contribution is -2.70. The SMILES string of the molecule is NC(=O)CCn1nnnc1SCC1=C(C(=O)O)N2C(=O)C(NC(=O)CSc3ccncc3)[C@H]2SC1. The van der Waals surface area contributed by atoms with Gasteiger partial charge in [0.1, 0.15) is 17.1 Å². The Morgan fingerprint density at radius 3 is 2.74 bits per heavy atom. The summed E-state index contributed by atoms with van der Waals surface area (Å²) < 4.78 is 1.42. The molecule has 2 atom stereocenters. The van der Waals surface area contributed by atoms with E-state index < -0.39 is 29.2 Å². The van der Waals surface area contributed by atoms with Gasteiger partial charge < -0.3 is 16.2 Å². The molecule has 0 radical (unpaired) electrons. The number of aliphatic carboxylic acids is 1. The van der Waals surface area contributed by atoms with Crippen LogP contribution in [0, 0.1) is 0 Å². The fraction of sp³-hybridized carbons (Fsp3) is 0.368. The first-order valence-electron chi connectivity index (χ1n) is 10.2. The van der Waals surface area contributed by atoms with E-state index in [-0.39, 0.29) is 36.1 Å². The number of pyridine rings is 1. The Hall–Kier alpha value is -3.11. The van der Waals surface area contributed by atoms with Crippen LogP contribution in [-0.4, -0.2) is 87.6 Å². The van der Waals surface area contributed by atoms with Gasteiger partial charge >= 0.3 is 5.97 Å². The van der Waals surface area contributed by atoms with Crippen LogP contribution in [0.1, 0.15) is 6.42 Å². The maximum Gasteiger partial charge on any atom is 0.352 e. The number of amides is 3. The van der Waals surface area contributed by atoms with E-state index in [1.54, 1.807) is 24.5 Å².